The van der Waals surface area contributed by atoms with E-state index in [1.807, 2.05) is 49.4 Å². The van der Waals surface area contributed by atoms with Crippen LogP contribution in [0.25, 0.3) is 11.0 Å². The number of benzene rings is 2. The molecule has 1 aliphatic heterocycles. The molecule has 1 saturated heterocycles. The molecule has 8 heteroatoms. The molecular weight excluding hydrogens is 406 g/mol. The number of nitrogens with zero attached hydrogens (tertiary/aromatic N) is 2. The van der Waals surface area contributed by atoms with Crippen molar-refractivity contribution in [3.8, 4) is 0 Å². The van der Waals surface area contributed by atoms with E-state index < -0.39 is 0 Å². The van der Waals surface area contributed by atoms with Crippen LogP contribution >= 0.6 is 0 Å². The Kier molecular flexibility index (Phi) is 6.82. The molecule has 1 aromatic heterocycles. The predicted octanol–water partition coefficient (Wildman–Crippen LogP) is 2.91. The fraction of sp³-hybridized carbons (Fsp3) is 0.375. The average Bonchev–Trinajstić information content (AvgIpc) is 3.15. The molecule has 3 N–H and O–H groups in total. The monoisotopic (exact) mass is 435 g/mol. The number of imidazole rings is 1. The van der Waals surface area contributed by atoms with Gasteiger partial charge in [-0.25, -0.2) is 4.98 Å². The van der Waals surface area contributed by atoms with Crippen LogP contribution in [-0.4, -0.2) is 53.0 Å². The molecule has 0 bridgehead atoms. The molecule has 1 unspecified atom stereocenters. The number of aromatic nitrogens is 2. The van der Waals surface area contributed by atoms with E-state index in [0.29, 0.717) is 5.69 Å². The second-order valence-electron chi connectivity index (χ2n) is 8.22. The zero-order valence-electron chi connectivity index (χ0n) is 18.5. The fourth-order valence-corrected chi connectivity index (χ4v) is 3.88. The second-order valence-corrected chi connectivity index (χ2v) is 8.22. The van der Waals surface area contributed by atoms with Crippen molar-refractivity contribution >= 4 is 28.5 Å². The van der Waals surface area contributed by atoms with Gasteiger partial charge in [-0.15, -0.1) is 0 Å². The average molecular weight is 436 g/mol. The number of H-pyrrole nitrogens is 1. The van der Waals surface area contributed by atoms with Crippen LogP contribution in [0.2, 0.25) is 0 Å². The van der Waals surface area contributed by atoms with Gasteiger partial charge in [0.2, 0.25) is 11.8 Å². The van der Waals surface area contributed by atoms with Gasteiger partial charge < -0.3 is 20.4 Å². The number of fused-ring (bicyclic) bond motifs is 1. The summed E-state index contributed by atoms with van der Waals surface area (Å²) in [5.74, 6) is 0.558. The highest BCUT2D eigenvalue weighted by Gasteiger charge is 2.18. The van der Waals surface area contributed by atoms with Crippen LogP contribution in [0.3, 0.4) is 0 Å². The molecule has 1 fully saturated rings. The fourth-order valence-electron chi connectivity index (χ4n) is 3.88. The summed E-state index contributed by atoms with van der Waals surface area (Å²) in [7, 11) is 0. The van der Waals surface area contributed by atoms with Gasteiger partial charge in [0.15, 0.2) is 0 Å². The number of carbonyl (C=O) groups excluding carboxylic acids is 2. The molecule has 0 spiro atoms. The summed E-state index contributed by atoms with van der Waals surface area (Å²) in [5.41, 5.74) is 4.46. The third kappa shape index (κ3) is 5.72. The molecule has 0 saturated carbocycles. The Bertz CT molecular complexity index is 1090. The number of carbonyl (C=O) groups is 2. The van der Waals surface area contributed by atoms with Gasteiger partial charge in [0, 0.05) is 25.7 Å². The van der Waals surface area contributed by atoms with Gasteiger partial charge in [0.25, 0.3) is 0 Å². The van der Waals surface area contributed by atoms with Gasteiger partial charge in [-0.3, -0.25) is 14.5 Å². The Morgan fingerprint density at radius 3 is 2.62 bits per heavy atom. The second kappa shape index (κ2) is 9.93. The molecule has 2 aromatic carbocycles. The van der Waals surface area contributed by atoms with Crippen LogP contribution in [0.15, 0.2) is 42.5 Å². The number of aromatic amines is 1. The van der Waals surface area contributed by atoms with Crippen LogP contribution in [0.4, 0.5) is 5.69 Å². The minimum Gasteiger partial charge on any atom is -0.379 e. The third-order valence-corrected chi connectivity index (χ3v) is 5.54. The quantitative estimate of drug-likeness (QED) is 0.530. The number of morpholine rings is 1. The Balaban J connectivity index is 1.42. The smallest absolute Gasteiger partial charge is 0.226 e. The molecule has 1 aliphatic rings. The lowest BCUT2D eigenvalue weighted by molar-refractivity contribution is -0.120. The molecule has 2 amide bonds. The Hall–Kier alpha value is -3.23. The molecular formula is C24H29N5O3. The normalized spacial score (nSPS) is 15.4. The largest absolute Gasteiger partial charge is 0.379 e. The van der Waals surface area contributed by atoms with E-state index in [1.54, 1.807) is 0 Å². The first-order chi connectivity index (χ1) is 15.5. The number of hydrogen-bond donors (Lipinski definition) is 3. The Labute approximate surface area is 187 Å². The van der Waals surface area contributed by atoms with E-state index >= 15 is 0 Å². The van der Waals surface area contributed by atoms with Crippen molar-refractivity contribution in [1.82, 2.24) is 20.2 Å². The van der Waals surface area contributed by atoms with Gasteiger partial charge in [0.1, 0.15) is 5.82 Å². The van der Waals surface area contributed by atoms with Gasteiger partial charge in [0.05, 0.1) is 43.3 Å². The molecule has 2 heterocycles. The highest BCUT2D eigenvalue weighted by atomic mass is 16.5. The van der Waals surface area contributed by atoms with Gasteiger partial charge in [-0.05, 0) is 30.7 Å². The van der Waals surface area contributed by atoms with Crippen molar-refractivity contribution in [3.63, 3.8) is 0 Å². The van der Waals surface area contributed by atoms with Crippen molar-refractivity contribution in [1.29, 1.82) is 0 Å². The summed E-state index contributed by atoms with van der Waals surface area (Å²) >= 11 is 0. The predicted molar refractivity (Wildman–Crippen MR) is 123 cm³/mol. The van der Waals surface area contributed by atoms with Crippen molar-refractivity contribution < 1.29 is 14.3 Å². The number of ether oxygens (including phenoxy) is 1. The molecule has 3 aromatic rings. The first-order valence-electron chi connectivity index (χ1n) is 10.9. The van der Waals surface area contributed by atoms with Gasteiger partial charge in [-0.2, -0.15) is 0 Å². The molecule has 4 rings (SSSR count). The SMILES string of the molecule is CC(=O)NC(CC(=O)Nc1ccc2nc(CN3CCOCC3)[nH]c2c1)c1ccc(C)cc1. The number of hydrogen-bond acceptors (Lipinski definition) is 5. The summed E-state index contributed by atoms with van der Waals surface area (Å²) in [6, 6.07) is 13.1. The number of anilines is 1. The standard InChI is InChI=1S/C24H29N5O3/c1-16-3-5-18(6-4-16)21(25-17(2)30)14-24(31)26-19-7-8-20-22(13-19)28-23(27-20)15-29-9-11-32-12-10-29/h3-8,13,21H,9-12,14-15H2,1-2H3,(H,25,30)(H,26,31)(H,27,28). The van der Waals surface area contributed by atoms with Crippen molar-refractivity contribution in [3.05, 3.63) is 59.4 Å². The van der Waals surface area contributed by atoms with E-state index in [2.05, 4.69) is 25.5 Å². The lowest BCUT2D eigenvalue weighted by atomic mass is 10.0. The third-order valence-electron chi connectivity index (χ3n) is 5.54. The summed E-state index contributed by atoms with van der Waals surface area (Å²) in [6.45, 7) is 7.50. The minimum atomic E-state index is -0.385. The highest BCUT2D eigenvalue weighted by Crippen LogP contribution is 2.21. The van der Waals surface area contributed by atoms with E-state index in [0.717, 1.165) is 60.8 Å². The number of rotatable bonds is 7. The van der Waals surface area contributed by atoms with Crippen LogP contribution in [0.1, 0.15) is 36.3 Å². The van der Waals surface area contributed by atoms with Crippen molar-refractivity contribution in [2.24, 2.45) is 0 Å². The summed E-state index contributed by atoms with van der Waals surface area (Å²) in [4.78, 5) is 34.7. The van der Waals surface area contributed by atoms with E-state index in [9.17, 15) is 9.59 Å². The maximum Gasteiger partial charge on any atom is 0.226 e. The van der Waals surface area contributed by atoms with Crippen molar-refractivity contribution in [2.75, 3.05) is 31.6 Å². The van der Waals surface area contributed by atoms with Crippen LogP contribution in [0, 0.1) is 6.92 Å². The Morgan fingerprint density at radius 2 is 1.91 bits per heavy atom. The van der Waals surface area contributed by atoms with Crippen LogP contribution < -0.4 is 10.6 Å². The molecule has 0 radical (unpaired) electrons. The summed E-state index contributed by atoms with van der Waals surface area (Å²) in [6.07, 6.45) is 0.145. The molecule has 168 valence electrons. The summed E-state index contributed by atoms with van der Waals surface area (Å²) < 4.78 is 5.40. The minimum absolute atomic E-state index is 0.145. The number of nitrogens with one attached hydrogen (secondary N) is 3. The van der Waals surface area contributed by atoms with Crippen LogP contribution in [0.5, 0.6) is 0 Å². The maximum atomic E-state index is 12.7. The molecule has 1 atom stereocenters. The zero-order chi connectivity index (χ0) is 22.5. The lowest BCUT2D eigenvalue weighted by Crippen LogP contribution is -2.35. The lowest BCUT2D eigenvalue weighted by Gasteiger charge is -2.25. The number of amides is 2. The summed E-state index contributed by atoms with van der Waals surface area (Å²) in [5, 5.41) is 5.82. The topological polar surface area (TPSA) is 99.3 Å². The number of aryl methyl sites for hydroxylation is 1. The van der Waals surface area contributed by atoms with E-state index in [-0.39, 0.29) is 24.3 Å². The van der Waals surface area contributed by atoms with Gasteiger partial charge in [-0.1, -0.05) is 29.8 Å². The van der Waals surface area contributed by atoms with E-state index in [4.69, 9.17) is 4.74 Å². The first-order valence-corrected chi connectivity index (χ1v) is 10.9. The maximum absolute atomic E-state index is 12.7. The van der Waals surface area contributed by atoms with E-state index in [1.165, 1.54) is 6.92 Å². The Morgan fingerprint density at radius 1 is 1.16 bits per heavy atom. The zero-order valence-corrected chi connectivity index (χ0v) is 18.5. The first kappa shape index (κ1) is 22.0. The highest BCUT2D eigenvalue weighted by molar-refractivity contribution is 5.93. The van der Waals surface area contributed by atoms with Gasteiger partial charge >= 0.3 is 0 Å². The van der Waals surface area contributed by atoms with Crippen molar-refractivity contribution in [2.45, 2.75) is 32.9 Å². The molecule has 32 heavy (non-hydrogen) atoms. The molecule has 0 aliphatic carbocycles. The van der Waals surface area contributed by atoms with Crippen LogP contribution in [-0.2, 0) is 20.9 Å². The molecule has 8 nitrogen and oxygen atoms in total.